The zero-order valence-corrected chi connectivity index (χ0v) is 11.0. The van der Waals surface area contributed by atoms with Crippen LogP contribution in [0.2, 0.25) is 0 Å². The molecule has 0 bridgehead atoms. The zero-order valence-electron chi connectivity index (χ0n) is 11.0. The van der Waals surface area contributed by atoms with Crippen molar-refractivity contribution >= 4 is 17.3 Å². The highest BCUT2D eigenvalue weighted by Crippen LogP contribution is 2.44. The first kappa shape index (κ1) is 12.3. The van der Waals surface area contributed by atoms with Gasteiger partial charge < -0.3 is 21.1 Å². The van der Waals surface area contributed by atoms with Gasteiger partial charge in [-0.05, 0) is 49.9 Å². The highest BCUT2D eigenvalue weighted by Gasteiger charge is 2.40. The van der Waals surface area contributed by atoms with Crippen LogP contribution in [0, 0.1) is 5.41 Å². The average Bonchev–Trinajstić information content (AvgIpc) is 3.18. The number of carbonyl (C=O) groups excluding carboxylic acids is 1. The number of benzene rings is 1. The minimum atomic E-state index is -0.432. The maximum Gasteiger partial charge on any atom is 0.265 e. The molecule has 5 heteroatoms. The molecular formula is C14H19N3O2. The second kappa shape index (κ2) is 4.42. The number of nitrogens with two attached hydrogens (primary N) is 1. The van der Waals surface area contributed by atoms with E-state index in [2.05, 4.69) is 10.6 Å². The van der Waals surface area contributed by atoms with E-state index in [1.54, 1.807) is 6.92 Å². The average molecular weight is 261 g/mol. The predicted molar refractivity (Wildman–Crippen MR) is 74.4 cm³/mol. The molecule has 1 fully saturated rings. The molecule has 1 aromatic rings. The number of carbonyl (C=O) groups is 1. The van der Waals surface area contributed by atoms with Gasteiger partial charge in [-0.1, -0.05) is 0 Å². The van der Waals surface area contributed by atoms with Crippen LogP contribution in [-0.2, 0) is 4.79 Å². The van der Waals surface area contributed by atoms with Gasteiger partial charge in [-0.3, -0.25) is 4.79 Å². The summed E-state index contributed by atoms with van der Waals surface area (Å²) in [5.41, 5.74) is 7.75. The fraction of sp³-hybridized carbons (Fsp3) is 0.500. The van der Waals surface area contributed by atoms with Crippen molar-refractivity contribution < 1.29 is 9.53 Å². The van der Waals surface area contributed by atoms with E-state index < -0.39 is 6.10 Å². The lowest BCUT2D eigenvalue weighted by molar-refractivity contribution is -0.122. The minimum Gasteiger partial charge on any atom is -0.479 e. The fourth-order valence-electron chi connectivity index (χ4n) is 2.24. The molecule has 0 aromatic heterocycles. The quantitative estimate of drug-likeness (QED) is 0.768. The largest absolute Gasteiger partial charge is 0.479 e. The zero-order chi connectivity index (χ0) is 13.5. The second-order valence-electron chi connectivity index (χ2n) is 5.52. The van der Waals surface area contributed by atoms with Crippen molar-refractivity contribution in [1.82, 2.24) is 0 Å². The van der Waals surface area contributed by atoms with Crippen LogP contribution in [-0.4, -0.2) is 25.1 Å². The molecule has 5 nitrogen and oxygen atoms in total. The van der Waals surface area contributed by atoms with E-state index >= 15 is 0 Å². The summed E-state index contributed by atoms with van der Waals surface area (Å²) >= 11 is 0. The number of rotatable bonds is 4. The summed E-state index contributed by atoms with van der Waals surface area (Å²) in [7, 11) is 0. The molecule has 2 aliphatic rings. The third kappa shape index (κ3) is 2.38. The van der Waals surface area contributed by atoms with Crippen molar-refractivity contribution in [2.75, 3.05) is 23.7 Å². The molecule has 102 valence electrons. The molecule has 1 aliphatic heterocycles. The van der Waals surface area contributed by atoms with Gasteiger partial charge in [0.1, 0.15) is 5.75 Å². The Morgan fingerprint density at radius 1 is 1.53 bits per heavy atom. The number of anilines is 2. The van der Waals surface area contributed by atoms with Crippen LogP contribution in [0.1, 0.15) is 19.8 Å². The summed E-state index contributed by atoms with van der Waals surface area (Å²) in [6.07, 6.45) is 1.95. The number of fused-ring (bicyclic) bond motifs is 1. The molecule has 0 radical (unpaired) electrons. The summed E-state index contributed by atoms with van der Waals surface area (Å²) in [5, 5.41) is 6.24. The van der Waals surface area contributed by atoms with Gasteiger partial charge in [0.05, 0.1) is 5.69 Å². The van der Waals surface area contributed by atoms with E-state index in [0.717, 1.165) is 30.2 Å². The van der Waals surface area contributed by atoms with Crippen molar-refractivity contribution in [3.63, 3.8) is 0 Å². The van der Waals surface area contributed by atoms with Crippen LogP contribution in [0.25, 0.3) is 0 Å². The smallest absolute Gasteiger partial charge is 0.265 e. The Balaban J connectivity index is 1.71. The van der Waals surface area contributed by atoms with Gasteiger partial charge in [0, 0.05) is 12.2 Å². The number of nitrogens with one attached hydrogen (secondary N) is 2. The molecule has 19 heavy (non-hydrogen) atoms. The van der Waals surface area contributed by atoms with E-state index in [0.29, 0.717) is 0 Å². The Kier molecular flexibility index (Phi) is 2.86. The van der Waals surface area contributed by atoms with Gasteiger partial charge in [-0.25, -0.2) is 0 Å². The molecule has 4 N–H and O–H groups in total. The SMILES string of the molecule is CC1Oc2ccc(NCC3(CN)CC3)cc2NC1=O. The summed E-state index contributed by atoms with van der Waals surface area (Å²) in [5.74, 6) is 0.614. The van der Waals surface area contributed by atoms with Crippen molar-refractivity contribution in [2.45, 2.75) is 25.9 Å². The first-order chi connectivity index (χ1) is 9.12. The lowest BCUT2D eigenvalue weighted by Gasteiger charge is -2.24. The Hall–Kier alpha value is -1.75. The van der Waals surface area contributed by atoms with Crippen LogP contribution in [0.3, 0.4) is 0 Å². The highest BCUT2D eigenvalue weighted by atomic mass is 16.5. The third-order valence-corrected chi connectivity index (χ3v) is 3.97. The normalized spacial score (nSPS) is 23.1. The van der Waals surface area contributed by atoms with Crippen molar-refractivity contribution in [2.24, 2.45) is 11.1 Å². The molecule has 1 amide bonds. The number of hydrogen-bond donors (Lipinski definition) is 3. The first-order valence-electron chi connectivity index (χ1n) is 6.67. The molecule has 1 unspecified atom stereocenters. The van der Waals surface area contributed by atoms with Crippen molar-refractivity contribution in [3.05, 3.63) is 18.2 Å². The van der Waals surface area contributed by atoms with Crippen LogP contribution in [0.5, 0.6) is 5.75 Å². The van der Waals surface area contributed by atoms with E-state index in [1.165, 1.54) is 12.8 Å². The van der Waals surface area contributed by atoms with Crippen LogP contribution in [0.4, 0.5) is 11.4 Å². The first-order valence-corrected chi connectivity index (χ1v) is 6.67. The Morgan fingerprint density at radius 3 is 3.00 bits per heavy atom. The highest BCUT2D eigenvalue weighted by molar-refractivity contribution is 5.98. The van der Waals surface area contributed by atoms with Gasteiger partial charge in [0.25, 0.3) is 5.91 Å². The summed E-state index contributed by atoms with van der Waals surface area (Å²) in [6, 6.07) is 5.76. The maximum atomic E-state index is 11.6. The standard InChI is InChI=1S/C14H19N3O2/c1-9-13(18)17-11-6-10(2-3-12(11)19-9)16-8-14(7-15)4-5-14/h2-3,6,9,16H,4-5,7-8,15H2,1H3,(H,17,18). The van der Waals surface area contributed by atoms with Gasteiger partial charge in [-0.2, -0.15) is 0 Å². The van der Waals surface area contributed by atoms with Crippen LogP contribution >= 0.6 is 0 Å². The number of hydrogen-bond acceptors (Lipinski definition) is 4. The van der Waals surface area contributed by atoms with E-state index in [9.17, 15) is 4.79 Å². The maximum absolute atomic E-state index is 11.6. The van der Waals surface area contributed by atoms with Gasteiger partial charge in [0.2, 0.25) is 0 Å². The topological polar surface area (TPSA) is 76.4 Å². The summed E-state index contributed by atoms with van der Waals surface area (Å²) in [4.78, 5) is 11.6. The van der Waals surface area contributed by atoms with Gasteiger partial charge >= 0.3 is 0 Å². The molecule has 1 aromatic carbocycles. The molecule has 0 saturated heterocycles. The molecular weight excluding hydrogens is 242 g/mol. The Bertz CT molecular complexity index is 511. The molecule has 1 saturated carbocycles. The van der Waals surface area contributed by atoms with Crippen molar-refractivity contribution in [3.8, 4) is 5.75 Å². The molecule has 0 spiro atoms. The molecule has 1 heterocycles. The number of ether oxygens (including phenoxy) is 1. The monoisotopic (exact) mass is 261 g/mol. The van der Waals surface area contributed by atoms with E-state index in [1.807, 2.05) is 18.2 Å². The summed E-state index contributed by atoms with van der Waals surface area (Å²) < 4.78 is 5.52. The molecule has 1 atom stereocenters. The third-order valence-electron chi connectivity index (χ3n) is 3.97. The number of amides is 1. The Morgan fingerprint density at radius 2 is 2.32 bits per heavy atom. The van der Waals surface area contributed by atoms with Gasteiger partial charge in [-0.15, -0.1) is 0 Å². The molecule has 3 rings (SSSR count). The fourth-order valence-corrected chi connectivity index (χ4v) is 2.24. The van der Waals surface area contributed by atoms with Crippen LogP contribution < -0.4 is 21.1 Å². The minimum absolute atomic E-state index is 0.106. The predicted octanol–water partition coefficient (Wildman–Crippen LogP) is 1.56. The molecule has 1 aliphatic carbocycles. The van der Waals surface area contributed by atoms with Crippen LogP contribution in [0.15, 0.2) is 18.2 Å². The Labute approximate surface area is 112 Å². The lowest BCUT2D eigenvalue weighted by Crippen LogP contribution is -2.34. The van der Waals surface area contributed by atoms with Gasteiger partial charge in [0.15, 0.2) is 6.10 Å². The lowest BCUT2D eigenvalue weighted by atomic mass is 10.1. The van der Waals surface area contributed by atoms with Crippen molar-refractivity contribution in [1.29, 1.82) is 0 Å². The van der Waals surface area contributed by atoms with E-state index in [-0.39, 0.29) is 11.3 Å². The second-order valence-corrected chi connectivity index (χ2v) is 5.52. The summed E-state index contributed by atoms with van der Waals surface area (Å²) in [6.45, 7) is 3.35. The van der Waals surface area contributed by atoms with E-state index in [4.69, 9.17) is 10.5 Å².